The van der Waals surface area contributed by atoms with Gasteiger partial charge in [0, 0.05) is 0 Å². The fraction of sp³-hybridized carbons (Fsp3) is 0.250. The Hall–Kier alpha value is -1.41. The third-order valence-electron chi connectivity index (χ3n) is 1.90. The zero-order valence-corrected chi connectivity index (χ0v) is 8.06. The Morgan fingerprint density at radius 1 is 1.36 bits per heavy atom. The van der Waals surface area contributed by atoms with Gasteiger partial charge in [-0.1, -0.05) is 36.4 Å². The highest BCUT2D eigenvalue weighted by molar-refractivity contribution is 5.56. The molecule has 0 aromatic heterocycles. The molecule has 0 N–H and O–H groups in total. The van der Waals surface area contributed by atoms with E-state index in [4.69, 9.17) is 4.74 Å². The van der Waals surface area contributed by atoms with E-state index < -0.39 is 0 Å². The van der Waals surface area contributed by atoms with Crippen LogP contribution in [-0.2, 0) is 16.1 Å². The van der Waals surface area contributed by atoms with Gasteiger partial charge in [0.25, 0.3) is 0 Å². The molecule has 1 aromatic carbocycles. The molecule has 0 aliphatic heterocycles. The number of aldehydes is 1. The molecule has 2 heteroatoms. The first-order valence-corrected chi connectivity index (χ1v) is 4.56. The van der Waals surface area contributed by atoms with Crippen molar-refractivity contribution in [2.24, 2.45) is 5.92 Å². The summed E-state index contributed by atoms with van der Waals surface area (Å²) < 4.78 is 5.36. The summed E-state index contributed by atoms with van der Waals surface area (Å²) in [4.78, 5) is 10.4. The Labute approximate surface area is 84.2 Å². The van der Waals surface area contributed by atoms with Crippen LogP contribution in [0.4, 0.5) is 0 Å². The van der Waals surface area contributed by atoms with Crippen LogP contribution in [0.1, 0.15) is 5.56 Å². The van der Waals surface area contributed by atoms with E-state index in [-0.39, 0.29) is 5.92 Å². The molecule has 14 heavy (non-hydrogen) atoms. The zero-order chi connectivity index (χ0) is 10.2. The standard InChI is InChI=1S/C12H14O2/c1-2-11(8-13)9-14-10-12-6-4-3-5-7-12/h2-8,11H,1,9-10H2. The van der Waals surface area contributed by atoms with Crippen LogP contribution in [0.15, 0.2) is 43.0 Å². The lowest BCUT2D eigenvalue weighted by Gasteiger charge is -2.06. The van der Waals surface area contributed by atoms with Gasteiger partial charge in [-0.05, 0) is 5.56 Å². The van der Waals surface area contributed by atoms with Gasteiger partial charge in [-0.15, -0.1) is 6.58 Å². The number of hydrogen-bond acceptors (Lipinski definition) is 2. The number of ether oxygens (including phenoxy) is 1. The van der Waals surface area contributed by atoms with Crippen molar-refractivity contribution in [2.45, 2.75) is 6.61 Å². The third kappa shape index (κ3) is 3.54. The van der Waals surface area contributed by atoms with Gasteiger partial charge in [0.2, 0.25) is 0 Å². The number of carbonyl (C=O) groups excluding carboxylic acids is 1. The number of hydrogen-bond donors (Lipinski definition) is 0. The van der Waals surface area contributed by atoms with E-state index in [1.807, 2.05) is 30.3 Å². The maximum absolute atomic E-state index is 10.4. The topological polar surface area (TPSA) is 26.3 Å². The van der Waals surface area contributed by atoms with Crippen molar-refractivity contribution in [3.8, 4) is 0 Å². The first-order valence-electron chi connectivity index (χ1n) is 4.56. The third-order valence-corrected chi connectivity index (χ3v) is 1.90. The van der Waals surface area contributed by atoms with E-state index in [0.717, 1.165) is 11.8 Å². The van der Waals surface area contributed by atoms with E-state index >= 15 is 0 Å². The van der Waals surface area contributed by atoms with E-state index in [2.05, 4.69) is 6.58 Å². The molecular formula is C12H14O2. The molecular weight excluding hydrogens is 176 g/mol. The number of benzene rings is 1. The van der Waals surface area contributed by atoms with Crippen molar-refractivity contribution in [3.05, 3.63) is 48.6 Å². The van der Waals surface area contributed by atoms with E-state index in [9.17, 15) is 4.79 Å². The predicted molar refractivity (Wildman–Crippen MR) is 55.8 cm³/mol. The Morgan fingerprint density at radius 2 is 2.07 bits per heavy atom. The molecule has 0 saturated heterocycles. The van der Waals surface area contributed by atoms with Gasteiger partial charge in [-0.2, -0.15) is 0 Å². The molecule has 1 rings (SSSR count). The molecule has 0 aliphatic rings. The maximum atomic E-state index is 10.4. The van der Waals surface area contributed by atoms with Gasteiger partial charge in [0.15, 0.2) is 0 Å². The Bertz CT molecular complexity index is 272. The summed E-state index contributed by atoms with van der Waals surface area (Å²) in [6, 6.07) is 9.86. The fourth-order valence-corrected chi connectivity index (χ4v) is 1.05. The second kappa shape index (κ2) is 6.11. The summed E-state index contributed by atoms with van der Waals surface area (Å²) in [6.07, 6.45) is 2.44. The van der Waals surface area contributed by atoms with Gasteiger partial charge < -0.3 is 9.53 Å². The monoisotopic (exact) mass is 190 g/mol. The number of rotatable bonds is 6. The summed E-state index contributed by atoms with van der Waals surface area (Å²) in [5.74, 6) is -0.196. The summed E-state index contributed by atoms with van der Waals surface area (Å²) in [5.41, 5.74) is 1.11. The van der Waals surface area contributed by atoms with Crippen molar-refractivity contribution in [1.29, 1.82) is 0 Å². The first kappa shape index (κ1) is 10.7. The minimum atomic E-state index is -0.196. The van der Waals surface area contributed by atoms with Crippen molar-refractivity contribution in [2.75, 3.05) is 6.61 Å². The van der Waals surface area contributed by atoms with E-state index in [0.29, 0.717) is 13.2 Å². The summed E-state index contributed by atoms with van der Waals surface area (Å²) in [7, 11) is 0. The van der Waals surface area contributed by atoms with Crippen LogP contribution in [-0.4, -0.2) is 12.9 Å². The highest BCUT2D eigenvalue weighted by Gasteiger charge is 2.01. The lowest BCUT2D eigenvalue weighted by atomic mass is 10.2. The van der Waals surface area contributed by atoms with Crippen LogP contribution in [0, 0.1) is 5.92 Å². The van der Waals surface area contributed by atoms with Crippen LogP contribution >= 0.6 is 0 Å². The van der Waals surface area contributed by atoms with Crippen LogP contribution in [0.2, 0.25) is 0 Å². The largest absolute Gasteiger partial charge is 0.376 e. The van der Waals surface area contributed by atoms with Crippen molar-refractivity contribution < 1.29 is 9.53 Å². The van der Waals surface area contributed by atoms with Crippen LogP contribution in [0.5, 0.6) is 0 Å². The Balaban J connectivity index is 2.28. The predicted octanol–water partition coefficient (Wildman–Crippen LogP) is 2.20. The Kier molecular flexibility index (Phi) is 4.65. The molecule has 0 saturated carbocycles. The van der Waals surface area contributed by atoms with Crippen LogP contribution in [0.3, 0.4) is 0 Å². The lowest BCUT2D eigenvalue weighted by Crippen LogP contribution is -2.07. The average molecular weight is 190 g/mol. The Morgan fingerprint density at radius 3 is 2.64 bits per heavy atom. The highest BCUT2D eigenvalue weighted by Crippen LogP contribution is 2.02. The van der Waals surface area contributed by atoms with Crippen LogP contribution in [0.25, 0.3) is 0 Å². The number of carbonyl (C=O) groups is 1. The molecule has 0 bridgehead atoms. The fourth-order valence-electron chi connectivity index (χ4n) is 1.05. The normalized spacial score (nSPS) is 12.0. The minimum absolute atomic E-state index is 0.196. The molecule has 2 nitrogen and oxygen atoms in total. The van der Waals surface area contributed by atoms with Gasteiger partial charge in [0.1, 0.15) is 6.29 Å². The minimum Gasteiger partial charge on any atom is -0.376 e. The van der Waals surface area contributed by atoms with Crippen molar-refractivity contribution >= 4 is 6.29 Å². The summed E-state index contributed by atoms with van der Waals surface area (Å²) in [6.45, 7) is 4.49. The molecule has 1 unspecified atom stereocenters. The second-order valence-electron chi connectivity index (χ2n) is 3.04. The molecule has 74 valence electrons. The molecule has 0 heterocycles. The zero-order valence-electron chi connectivity index (χ0n) is 8.06. The lowest BCUT2D eigenvalue weighted by molar-refractivity contribution is -0.111. The van der Waals surface area contributed by atoms with Gasteiger partial charge in [-0.25, -0.2) is 0 Å². The summed E-state index contributed by atoms with van der Waals surface area (Å²) >= 11 is 0. The first-order chi connectivity index (χ1) is 6.86. The van der Waals surface area contributed by atoms with Gasteiger partial charge >= 0.3 is 0 Å². The molecule has 0 spiro atoms. The SMILES string of the molecule is C=CC(C=O)COCc1ccccc1. The molecule has 0 fully saturated rings. The summed E-state index contributed by atoms with van der Waals surface area (Å²) in [5, 5.41) is 0. The van der Waals surface area contributed by atoms with Crippen LogP contribution < -0.4 is 0 Å². The second-order valence-corrected chi connectivity index (χ2v) is 3.04. The maximum Gasteiger partial charge on any atom is 0.129 e. The smallest absolute Gasteiger partial charge is 0.129 e. The molecule has 0 radical (unpaired) electrons. The average Bonchev–Trinajstić information content (AvgIpc) is 2.26. The molecule has 1 atom stereocenters. The van der Waals surface area contributed by atoms with Crippen molar-refractivity contribution in [1.82, 2.24) is 0 Å². The van der Waals surface area contributed by atoms with E-state index in [1.54, 1.807) is 6.08 Å². The quantitative estimate of drug-likeness (QED) is 0.507. The highest BCUT2D eigenvalue weighted by atomic mass is 16.5. The van der Waals surface area contributed by atoms with Crippen molar-refractivity contribution in [3.63, 3.8) is 0 Å². The molecule has 0 amide bonds. The molecule has 0 aliphatic carbocycles. The molecule has 1 aromatic rings. The van der Waals surface area contributed by atoms with Gasteiger partial charge in [-0.3, -0.25) is 0 Å². The van der Waals surface area contributed by atoms with Gasteiger partial charge in [0.05, 0.1) is 19.1 Å². The van der Waals surface area contributed by atoms with E-state index in [1.165, 1.54) is 0 Å².